The summed E-state index contributed by atoms with van der Waals surface area (Å²) in [6.45, 7) is 1.78. The van der Waals surface area contributed by atoms with Crippen LogP contribution in [-0.2, 0) is 4.74 Å². The van der Waals surface area contributed by atoms with Gasteiger partial charge < -0.3 is 15.2 Å². The maximum Gasteiger partial charge on any atom is 0.0638 e. The fourth-order valence-electron chi connectivity index (χ4n) is 1.28. The molecule has 1 saturated carbocycles. The third-order valence-electron chi connectivity index (χ3n) is 2.27. The van der Waals surface area contributed by atoms with Crippen LogP contribution in [-0.4, -0.2) is 38.0 Å². The SMILES string of the molecule is COCC(CO)NCCC1CC1. The van der Waals surface area contributed by atoms with Crippen molar-refractivity contribution in [1.29, 1.82) is 0 Å². The van der Waals surface area contributed by atoms with Crippen LogP contribution < -0.4 is 5.32 Å². The lowest BCUT2D eigenvalue weighted by molar-refractivity contribution is 0.128. The fourth-order valence-corrected chi connectivity index (χ4v) is 1.28. The molecule has 0 bridgehead atoms. The van der Waals surface area contributed by atoms with E-state index in [0.29, 0.717) is 6.61 Å². The van der Waals surface area contributed by atoms with Crippen molar-refractivity contribution in [2.24, 2.45) is 5.92 Å². The molecule has 3 nitrogen and oxygen atoms in total. The Balaban J connectivity index is 1.93. The van der Waals surface area contributed by atoms with Crippen molar-refractivity contribution in [2.75, 3.05) is 26.9 Å². The van der Waals surface area contributed by atoms with Gasteiger partial charge >= 0.3 is 0 Å². The molecule has 1 fully saturated rings. The summed E-state index contributed by atoms with van der Waals surface area (Å²) in [5.41, 5.74) is 0. The lowest BCUT2D eigenvalue weighted by atomic mass is 10.2. The van der Waals surface area contributed by atoms with E-state index in [9.17, 15) is 0 Å². The summed E-state index contributed by atoms with van der Waals surface area (Å²) in [5, 5.41) is 12.2. The van der Waals surface area contributed by atoms with E-state index in [2.05, 4.69) is 5.32 Å². The Morgan fingerprint density at radius 3 is 2.83 bits per heavy atom. The molecule has 1 unspecified atom stereocenters. The van der Waals surface area contributed by atoms with Crippen LogP contribution in [0, 0.1) is 5.92 Å². The Bertz CT molecular complexity index is 115. The van der Waals surface area contributed by atoms with Crippen LogP contribution in [0.25, 0.3) is 0 Å². The van der Waals surface area contributed by atoms with E-state index < -0.39 is 0 Å². The Kier molecular flexibility index (Phi) is 4.58. The van der Waals surface area contributed by atoms with Gasteiger partial charge in [-0.05, 0) is 18.9 Å². The van der Waals surface area contributed by atoms with Gasteiger partial charge in [-0.25, -0.2) is 0 Å². The van der Waals surface area contributed by atoms with Crippen LogP contribution in [0.5, 0.6) is 0 Å². The average Bonchev–Trinajstić information content (AvgIpc) is 2.87. The van der Waals surface area contributed by atoms with Crippen LogP contribution in [0.4, 0.5) is 0 Å². The summed E-state index contributed by atoms with van der Waals surface area (Å²) in [7, 11) is 1.66. The number of aliphatic hydroxyl groups is 1. The summed E-state index contributed by atoms with van der Waals surface area (Å²) in [6.07, 6.45) is 4.05. The zero-order chi connectivity index (χ0) is 8.81. The summed E-state index contributed by atoms with van der Waals surface area (Å²) < 4.78 is 4.95. The Morgan fingerprint density at radius 2 is 2.33 bits per heavy atom. The molecule has 0 aromatic rings. The second-order valence-corrected chi connectivity index (χ2v) is 3.52. The van der Waals surface area contributed by atoms with E-state index in [1.807, 2.05) is 0 Å². The maximum absolute atomic E-state index is 8.90. The maximum atomic E-state index is 8.90. The van der Waals surface area contributed by atoms with Crippen LogP contribution >= 0.6 is 0 Å². The molecule has 1 atom stereocenters. The highest BCUT2D eigenvalue weighted by Gasteiger charge is 2.20. The van der Waals surface area contributed by atoms with Crippen molar-refractivity contribution in [3.8, 4) is 0 Å². The zero-order valence-electron chi connectivity index (χ0n) is 7.75. The number of hydrogen-bond acceptors (Lipinski definition) is 3. The van der Waals surface area contributed by atoms with Gasteiger partial charge in [-0.15, -0.1) is 0 Å². The van der Waals surface area contributed by atoms with Crippen LogP contribution in [0.15, 0.2) is 0 Å². The monoisotopic (exact) mass is 173 g/mol. The lowest BCUT2D eigenvalue weighted by Crippen LogP contribution is -2.37. The molecular formula is C9H19NO2. The molecule has 0 amide bonds. The summed E-state index contributed by atoms with van der Waals surface area (Å²) in [6, 6.07) is 0.119. The summed E-state index contributed by atoms with van der Waals surface area (Å²) >= 11 is 0. The van der Waals surface area contributed by atoms with Crippen molar-refractivity contribution >= 4 is 0 Å². The number of aliphatic hydroxyl groups excluding tert-OH is 1. The fraction of sp³-hybridized carbons (Fsp3) is 1.00. The van der Waals surface area contributed by atoms with Gasteiger partial charge in [0.1, 0.15) is 0 Å². The highest BCUT2D eigenvalue weighted by atomic mass is 16.5. The molecule has 1 rings (SSSR count). The van der Waals surface area contributed by atoms with Gasteiger partial charge in [0.25, 0.3) is 0 Å². The highest BCUT2D eigenvalue weighted by Crippen LogP contribution is 2.31. The third-order valence-corrected chi connectivity index (χ3v) is 2.27. The zero-order valence-corrected chi connectivity index (χ0v) is 7.75. The number of methoxy groups -OCH3 is 1. The van der Waals surface area contributed by atoms with Gasteiger partial charge in [-0.1, -0.05) is 12.8 Å². The van der Waals surface area contributed by atoms with Crippen LogP contribution in [0.3, 0.4) is 0 Å². The largest absolute Gasteiger partial charge is 0.395 e. The molecule has 72 valence electrons. The first kappa shape index (κ1) is 9.96. The average molecular weight is 173 g/mol. The van der Waals surface area contributed by atoms with Gasteiger partial charge in [-0.2, -0.15) is 0 Å². The molecule has 3 heteroatoms. The molecule has 0 heterocycles. The lowest BCUT2D eigenvalue weighted by Gasteiger charge is -2.14. The first-order valence-corrected chi connectivity index (χ1v) is 4.70. The van der Waals surface area contributed by atoms with Crippen molar-refractivity contribution in [2.45, 2.75) is 25.3 Å². The first-order chi connectivity index (χ1) is 5.86. The van der Waals surface area contributed by atoms with Gasteiger partial charge in [0.05, 0.1) is 19.3 Å². The van der Waals surface area contributed by atoms with E-state index in [1.54, 1.807) is 7.11 Å². The molecule has 0 aliphatic heterocycles. The van der Waals surface area contributed by atoms with E-state index in [0.717, 1.165) is 12.5 Å². The standard InChI is InChI=1S/C9H19NO2/c1-12-7-9(6-11)10-5-4-8-2-3-8/h8-11H,2-7H2,1H3. The molecule has 0 aromatic heterocycles. The van der Waals surface area contributed by atoms with Crippen LogP contribution in [0.1, 0.15) is 19.3 Å². The van der Waals surface area contributed by atoms with Crippen molar-refractivity contribution in [3.63, 3.8) is 0 Å². The molecule has 12 heavy (non-hydrogen) atoms. The van der Waals surface area contributed by atoms with Crippen LogP contribution in [0.2, 0.25) is 0 Å². The second-order valence-electron chi connectivity index (χ2n) is 3.52. The molecule has 2 N–H and O–H groups in total. The normalized spacial score (nSPS) is 19.5. The predicted molar refractivity (Wildman–Crippen MR) is 48.1 cm³/mol. The van der Waals surface area contributed by atoms with E-state index in [1.165, 1.54) is 19.3 Å². The van der Waals surface area contributed by atoms with Gasteiger partial charge in [0.2, 0.25) is 0 Å². The van der Waals surface area contributed by atoms with Crippen molar-refractivity contribution in [3.05, 3.63) is 0 Å². The first-order valence-electron chi connectivity index (χ1n) is 4.70. The second kappa shape index (κ2) is 5.51. The minimum absolute atomic E-state index is 0.119. The van der Waals surface area contributed by atoms with E-state index >= 15 is 0 Å². The molecular weight excluding hydrogens is 154 g/mol. The Labute approximate surface area is 74.1 Å². The van der Waals surface area contributed by atoms with Gasteiger partial charge in [0, 0.05) is 7.11 Å². The molecule has 0 spiro atoms. The van der Waals surface area contributed by atoms with Crippen molar-refractivity contribution < 1.29 is 9.84 Å². The minimum atomic E-state index is 0.119. The predicted octanol–water partition coefficient (Wildman–Crippen LogP) is 0.383. The molecule has 1 aliphatic rings. The third kappa shape index (κ3) is 4.04. The minimum Gasteiger partial charge on any atom is -0.395 e. The smallest absolute Gasteiger partial charge is 0.0638 e. The molecule has 1 aliphatic carbocycles. The topological polar surface area (TPSA) is 41.5 Å². The number of hydrogen-bond donors (Lipinski definition) is 2. The Morgan fingerprint density at radius 1 is 1.58 bits per heavy atom. The summed E-state index contributed by atoms with van der Waals surface area (Å²) in [4.78, 5) is 0. The number of ether oxygens (including phenoxy) is 1. The van der Waals surface area contributed by atoms with E-state index in [4.69, 9.17) is 9.84 Å². The number of nitrogens with one attached hydrogen (secondary N) is 1. The Hall–Kier alpha value is -0.120. The van der Waals surface area contributed by atoms with Gasteiger partial charge in [-0.3, -0.25) is 0 Å². The van der Waals surface area contributed by atoms with Gasteiger partial charge in [0.15, 0.2) is 0 Å². The van der Waals surface area contributed by atoms with E-state index in [-0.39, 0.29) is 12.6 Å². The molecule has 0 radical (unpaired) electrons. The molecule has 0 aromatic carbocycles. The quantitative estimate of drug-likeness (QED) is 0.585. The number of rotatable bonds is 7. The van der Waals surface area contributed by atoms with Crippen molar-refractivity contribution in [1.82, 2.24) is 5.32 Å². The summed E-state index contributed by atoms with van der Waals surface area (Å²) in [5.74, 6) is 0.958. The highest BCUT2D eigenvalue weighted by molar-refractivity contribution is 4.75. The molecule has 0 saturated heterocycles.